The van der Waals surface area contributed by atoms with Crippen molar-refractivity contribution < 1.29 is 32.8 Å². The molecule has 5 nitrogen and oxygen atoms in total. The zero-order valence-corrected chi connectivity index (χ0v) is 16.3. The Kier molecular flexibility index (Phi) is 4.58. The normalized spacial score (nSPS) is 25.9. The molecule has 2 atom stereocenters. The number of amides is 1. The van der Waals surface area contributed by atoms with E-state index in [9.17, 15) is 13.6 Å². The van der Waals surface area contributed by atoms with Gasteiger partial charge in [-0.25, -0.2) is 4.79 Å². The van der Waals surface area contributed by atoms with E-state index in [1.807, 2.05) is 36.5 Å². The van der Waals surface area contributed by atoms with Gasteiger partial charge >= 0.3 is 12.2 Å². The minimum absolute atomic E-state index is 0.0133. The smallest absolute Gasteiger partial charge is 0.395 e. The van der Waals surface area contributed by atoms with Crippen LogP contribution in [0.1, 0.15) is 42.9 Å². The predicted molar refractivity (Wildman–Crippen MR) is 103 cm³/mol. The average molecular weight is 414 g/mol. The summed E-state index contributed by atoms with van der Waals surface area (Å²) in [6.45, 7) is 0.637. The highest BCUT2D eigenvalue weighted by Crippen LogP contribution is 2.51. The first-order chi connectivity index (χ1) is 14.5. The summed E-state index contributed by atoms with van der Waals surface area (Å²) in [6.07, 6.45) is 1.20. The summed E-state index contributed by atoms with van der Waals surface area (Å²) < 4.78 is 41.4. The molecule has 30 heavy (non-hydrogen) atoms. The Morgan fingerprint density at radius 2 is 1.83 bits per heavy atom. The van der Waals surface area contributed by atoms with Crippen molar-refractivity contribution in [3.63, 3.8) is 0 Å². The van der Waals surface area contributed by atoms with E-state index in [2.05, 4.69) is 14.5 Å². The Morgan fingerprint density at radius 1 is 1.07 bits per heavy atom. The molecule has 2 aromatic rings. The second-order valence-corrected chi connectivity index (χ2v) is 8.11. The zero-order chi connectivity index (χ0) is 20.8. The lowest BCUT2D eigenvalue weighted by Crippen LogP contribution is -2.78. The first-order valence-electron chi connectivity index (χ1n) is 10.2. The van der Waals surface area contributed by atoms with Crippen LogP contribution < -0.4 is 14.5 Å². The largest absolute Gasteiger partial charge is 0.586 e. The molecule has 1 amide bonds. The molecule has 1 saturated carbocycles. The van der Waals surface area contributed by atoms with E-state index in [0.29, 0.717) is 25.0 Å². The van der Waals surface area contributed by atoms with E-state index in [-0.39, 0.29) is 29.4 Å². The molecule has 2 fully saturated rings. The number of halogens is 2. The van der Waals surface area contributed by atoms with Crippen LogP contribution in [0, 0.1) is 5.92 Å². The van der Waals surface area contributed by atoms with Gasteiger partial charge in [0.25, 0.3) is 0 Å². The summed E-state index contributed by atoms with van der Waals surface area (Å²) >= 11 is 0. The SMILES string of the molecule is O=C([NH+]=CC1CCO[C@@H](c2ccccc2)C1)C1(c2ccc3c(c2)OC(F)(F)O3)CC1. The third-order valence-electron chi connectivity index (χ3n) is 6.08. The average Bonchev–Trinajstić information content (AvgIpc) is 3.50. The standard InChI is InChI=1S/C23H21F2NO4/c24-23(25)29-18-7-6-17(13-20(18)30-23)22(9-10-22)21(27)26-14-15-8-11-28-19(12-15)16-4-2-1-3-5-16/h1-7,13-15,19H,8-12H2/p+1/t15?,19-/m1/s1. The molecule has 0 aromatic heterocycles. The molecular weight excluding hydrogens is 392 g/mol. The summed E-state index contributed by atoms with van der Waals surface area (Å²) in [6, 6.07) is 14.6. The van der Waals surface area contributed by atoms with Crippen LogP contribution in [0.25, 0.3) is 0 Å². The third kappa shape index (κ3) is 3.58. The Balaban J connectivity index is 1.28. The van der Waals surface area contributed by atoms with Gasteiger partial charge in [0.15, 0.2) is 11.5 Å². The monoisotopic (exact) mass is 414 g/mol. The van der Waals surface area contributed by atoms with Crippen molar-refractivity contribution >= 4 is 12.1 Å². The zero-order valence-electron chi connectivity index (χ0n) is 16.3. The molecule has 1 N–H and O–H groups in total. The van der Waals surface area contributed by atoms with Crippen LogP contribution >= 0.6 is 0 Å². The number of fused-ring (bicyclic) bond motifs is 1. The first-order valence-corrected chi connectivity index (χ1v) is 10.2. The van der Waals surface area contributed by atoms with Crippen LogP contribution in [0.3, 0.4) is 0 Å². The molecular formula is C23H22F2NO4+. The summed E-state index contributed by atoms with van der Waals surface area (Å²) in [5.41, 5.74) is 1.11. The topological polar surface area (TPSA) is 58.7 Å². The quantitative estimate of drug-likeness (QED) is 0.782. The number of nitrogens with one attached hydrogen (secondary N) is 1. The van der Waals surface area contributed by atoms with Crippen LogP contribution in [0.2, 0.25) is 0 Å². The molecule has 7 heteroatoms. The van der Waals surface area contributed by atoms with Gasteiger partial charge in [0.1, 0.15) is 11.6 Å². The van der Waals surface area contributed by atoms with E-state index in [4.69, 9.17) is 4.74 Å². The highest BCUT2D eigenvalue weighted by atomic mass is 19.3. The lowest BCUT2D eigenvalue weighted by molar-refractivity contribution is -0.379. The van der Waals surface area contributed by atoms with Gasteiger partial charge in [-0.05, 0) is 48.9 Å². The second kappa shape index (κ2) is 7.16. The van der Waals surface area contributed by atoms with Crippen LogP contribution in [-0.4, -0.2) is 25.0 Å². The second-order valence-electron chi connectivity index (χ2n) is 8.11. The number of rotatable bonds is 4. The fourth-order valence-electron chi connectivity index (χ4n) is 4.22. The summed E-state index contributed by atoms with van der Waals surface area (Å²) in [5.74, 6) is 0.0476. The van der Waals surface area contributed by atoms with Crippen molar-refractivity contribution in [1.82, 2.24) is 0 Å². The first kappa shape index (κ1) is 19.2. The lowest BCUT2D eigenvalue weighted by atomic mass is 9.92. The number of hydrogen-bond donors (Lipinski definition) is 1. The molecule has 1 aliphatic carbocycles. The van der Waals surface area contributed by atoms with Crippen molar-refractivity contribution in [3.05, 3.63) is 59.7 Å². The molecule has 156 valence electrons. The van der Waals surface area contributed by atoms with Gasteiger partial charge in [-0.1, -0.05) is 36.4 Å². The number of hydrogen-bond acceptors (Lipinski definition) is 4. The Bertz CT molecular complexity index is 988. The minimum Gasteiger partial charge on any atom is -0.395 e. The van der Waals surface area contributed by atoms with Gasteiger partial charge in [0.05, 0.1) is 6.10 Å². The van der Waals surface area contributed by atoms with Gasteiger partial charge in [-0.2, -0.15) is 4.99 Å². The maximum absolute atomic E-state index is 13.3. The van der Waals surface area contributed by atoms with Gasteiger partial charge < -0.3 is 14.2 Å². The Morgan fingerprint density at radius 3 is 2.60 bits per heavy atom. The maximum Gasteiger partial charge on any atom is 0.586 e. The van der Waals surface area contributed by atoms with Gasteiger partial charge in [0.2, 0.25) is 0 Å². The van der Waals surface area contributed by atoms with Crippen molar-refractivity contribution in [2.24, 2.45) is 5.92 Å². The van der Waals surface area contributed by atoms with Crippen molar-refractivity contribution in [1.29, 1.82) is 0 Å². The van der Waals surface area contributed by atoms with E-state index in [1.165, 1.54) is 12.1 Å². The van der Waals surface area contributed by atoms with Crippen molar-refractivity contribution in [2.75, 3.05) is 6.61 Å². The molecule has 1 saturated heterocycles. The number of benzene rings is 2. The van der Waals surface area contributed by atoms with E-state index in [1.54, 1.807) is 6.07 Å². The van der Waals surface area contributed by atoms with Crippen LogP contribution in [-0.2, 0) is 14.9 Å². The molecule has 5 rings (SSSR count). The molecule has 3 aliphatic rings. The van der Waals surface area contributed by atoms with Gasteiger partial charge in [0, 0.05) is 12.5 Å². The summed E-state index contributed by atoms with van der Waals surface area (Å²) in [4.78, 5) is 15.9. The van der Waals surface area contributed by atoms with Gasteiger partial charge in [-0.15, -0.1) is 8.78 Å². The number of alkyl halides is 2. The molecule has 2 aromatic carbocycles. The predicted octanol–water partition coefficient (Wildman–Crippen LogP) is 2.89. The van der Waals surface area contributed by atoms with Crippen LogP contribution in [0.4, 0.5) is 8.78 Å². The molecule has 1 unspecified atom stereocenters. The lowest BCUT2D eigenvalue weighted by Gasteiger charge is -2.26. The highest BCUT2D eigenvalue weighted by molar-refractivity contribution is 5.86. The maximum atomic E-state index is 13.3. The van der Waals surface area contributed by atoms with Crippen LogP contribution in [0.5, 0.6) is 11.5 Å². The van der Waals surface area contributed by atoms with Crippen molar-refractivity contribution in [3.8, 4) is 11.5 Å². The highest BCUT2D eigenvalue weighted by Gasteiger charge is 2.56. The summed E-state index contributed by atoms with van der Waals surface area (Å²) in [7, 11) is 0. The van der Waals surface area contributed by atoms with E-state index < -0.39 is 11.7 Å². The summed E-state index contributed by atoms with van der Waals surface area (Å²) in [5, 5.41) is 0. The van der Waals surface area contributed by atoms with Crippen LogP contribution in [0.15, 0.2) is 48.5 Å². The molecule has 0 bridgehead atoms. The Labute approximate surface area is 172 Å². The fourth-order valence-corrected chi connectivity index (χ4v) is 4.22. The number of ether oxygens (including phenoxy) is 3. The Hall–Kier alpha value is -2.80. The van der Waals surface area contributed by atoms with Crippen molar-refractivity contribution in [2.45, 2.75) is 43.5 Å². The van der Waals surface area contributed by atoms with E-state index >= 15 is 0 Å². The third-order valence-corrected chi connectivity index (χ3v) is 6.08. The molecule has 2 heterocycles. The number of carbonyl (C=O) groups is 1. The minimum atomic E-state index is -3.66. The molecule has 0 radical (unpaired) electrons. The van der Waals surface area contributed by atoms with Gasteiger partial charge in [-0.3, -0.25) is 0 Å². The number of carbonyl (C=O) groups excluding carboxylic acids is 1. The van der Waals surface area contributed by atoms with E-state index in [0.717, 1.165) is 18.4 Å². The molecule has 0 spiro atoms. The fraction of sp³-hybridized carbons (Fsp3) is 0.391. The molecule has 2 aliphatic heterocycles.